The van der Waals surface area contributed by atoms with Crippen molar-refractivity contribution in [3.05, 3.63) is 64.1 Å². The number of methoxy groups -OCH3 is 1. The molecule has 0 aliphatic heterocycles. The van der Waals surface area contributed by atoms with Gasteiger partial charge in [0.1, 0.15) is 5.75 Å². The van der Waals surface area contributed by atoms with Crippen LogP contribution in [0.25, 0.3) is 0 Å². The average Bonchev–Trinajstić information content (AvgIpc) is 2.49. The van der Waals surface area contributed by atoms with Gasteiger partial charge in [-0.1, -0.05) is 46.3 Å². The number of benzene rings is 2. The van der Waals surface area contributed by atoms with Gasteiger partial charge in [0, 0.05) is 16.9 Å². The fourth-order valence-corrected chi connectivity index (χ4v) is 2.75. The molecule has 0 aromatic heterocycles. The molecule has 0 saturated carbocycles. The van der Waals surface area contributed by atoms with Gasteiger partial charge in [-0.15, -0.1) is 0 Å². The average molecular weight is 336 g/mol. The quantitative estimate of drug-likeness (QED) is 0.881. The number of hydrogen-bond donors (Lipinski definition) is 2. The predicted molar refractivity (Wildman–Crippen MR) is 83.9 cm³/mol. The number of nitrogens with two attached hydrogens (primary N) is 1. The van der Waals surface area contributed by atoms with Gasteiger partial charge < -0.3 is 15.6 Å². The summed E-state index contributed by atoms with van der Waals surface area (Å²) >= 11 is 3.47. The smallest absolute Gasteiger partial charge is 0.118 e. The highest BCUT2D eigenvalue weighted by Gasteiger charge is 2.23. The van der Waals surface area contributed by atoms with E-state index in [0.29, 0.717) is 6.54 Å². The molecule has 0 bridgehead atoms. The van der Waals surface area contributed by atoms with E-state index >= 15 is 0 Å². The lowest BCUT2D eigenvalue weighted by atomic mass is 9.89. The Kier molecular flexibility index (Phi) is 5.17. The Bertz CT molecular complexity index is 557. The third kappa shape index (κ3) is 3.20. The molecular weight excluding hydrogens is 318 g/mol. The molecule has 2 aromatic carbocycles. The van der Waals surface area contributed by atoms with Gasteiger partial charge in [0.25, 0.3) is 0 Å². The van der Waals surface area contributed by atoms with Crippen LogP contribution < -0.4 is 10.5 Å². The monoisotopic (exact) mass is 335 g/mol. The summed E-state index contributed by atoms with van der Waals surface area (Å²) in [4.78, 5) is 0. The molecule has 0 spiro atoms. The van der Waals surface area contributed by atoms with Gasteiger partial charge in [0.2, 0.25) is 0 Å². The first-order valence-electron chi connectivity index (χ1n) is 6.44. The van der Waals surface area contributed by atoms with E-state index in [0.717, 1.165) is 21.3 Å². The number of halogens is 1. The van der Waals surface area contributed by atoms with E-state index in [1.54, 1.807) is 7.11 Å². The molecule has 4 heteroatoms. The maximum absolute atomic E-state index is 10.6. The second-order valence-electron chi connectivity index (χ2n) is 4.58. The first-order chi connectivity index (χ1) is 9.67. The minimum Gasteiger partial charge on any atom is -0.497 e. The Hall–Kier alpha value is -1.36. The van der Waals surface area contributed by atoms with E-state index in [4.69, 9.17) is 10.5 Å². The summed E-state index contributed by atoms with van der Waals surface area (Å²) in [6, 6.07) is 15.3. The largest absolute Gasteiger partial charge is 0.497 e. The zero-order chi connectivity index (χ0) is 14.5. The summed E-state index contributed by atoms with van der Waals surface area (Å²) in [5, 5.41) is 10.6. The van der Waals surface area contributed by atoms with Gasteiger partial charge in [-0.25, -0.2) is 0 Å². The second kappa shape index (κ2) is 6.88. The Balaban J connectivity index is 2.29. The Labute approximate surface area is 127 Å². The zero-order valence-corrected chi connectivity index (χ0v) is 12.9. The zero-order valence-electron chi connectivity index (χ0n) is 11.3. The van der Waals surface area contributed by atoms with Gasteiger partial charge in [0.05, 0.1) is 13.2 Å². The van der Waals surface area contributed by atoms with Crippen molar-refractivity contribution >= 4 is 15.9 Å². The van der Waals surface area contributed by atoms with Crippen LogP contribution in [-0.2, 0) is 0 Å². The molecule has 0 aliphatic rings. The molecule has 0 fully saturated rings. The third-order valence-corrected chi connectivity index (χ3v) is 4.13. The summed E-state index contributed by atoms with van der Waals surface area (Å²) in [6.45, 7) is 0.370. The topological polar surface area (TPSA) is 55.5 Å². The van der Waals surface area contributed by atoms with E-state index in [2.05, 4.69) is 15.9 Å². The molecule has 0 aliphatic carbocycles. The highest BCUT2D eigenvalue weighted by Crippen LogP contribution is 2.34. The van der Waals surface area contributed by atoms with Crippen LogP contribution in [0.3, 0.4) is 0 Å². The Morgan fingerprint density at radius 1 is 1.15 bits per heavy atom. The standard InChI is InChI=1S/C16H18BrNO2/c1-20-12-8-6-11(7-9-12)14(10-18)16(19)13-4-2-3-5-15(13)17/h2-9,14,16,19H,10,18H2,1H3. The lowest BCUT2D eigenvalue weighted by Gasteiger charge is -2.23. The van der Waals surface area contributed by atoms with Gasteiger partial charge >= 0.3 is 0 Å². The first-order valence-corrected chi connectivity index (χ1v) is 7.23. The second-order valence-corrected chi connectivity index (χ2v) is 5.44. The maximum atomic E-state index is 10.6. The number of rotatable bonds is 5. The van der Waals surface area contributed by atoms with Crippen molar-refractivity contribution in [2.24, 2.45) is 5.73 Å². The van der Waals surface area contributed by atoms with Crippen molar-refractivity contribution in [3.63, 3.8) is 0 Å². The van der Waals surface area contributed by atoms with E-state index in [1.807, 2.05) is 48.5 Å². The van der Waals surface area contributed by atoms with Crippen LogP contribution in [0.4, 0.5) is 0 Å². The molecule has 0 radical (unpaired) electrons. The lowest BCUT2D eigenvalue weighted by Crippen LogP contribution is -2.20. The minimum absolute atomic E-state index is 0.153. The van der Waals surface area contributed by atoms with Gasteiger partial charge in [-0.05, 0) is 29.3 Å². The van der Waals surface area contributed by atoms with Crippen LogP contribution >= 0.6 is 15.9 Å². The van der Waals surface area contributed by atoms with Crippen molar-refractivity contribution in [2.45, 2.75) is 12.0 Å². The molecule has 2 unspecified atom stereocenters. The van der Waals surface area contributed by atoms with Crippen LogP contribution in [0.2, 0.25) is 0 Å². The fourth-order valence-electron chi connectivity index (χ4n) is 2.23. The van der Waals surface area contributed by atoms with Crippen molar-refractivity contribution in [1.82, 2.24) is 0 Å². The predicted octanol–water partition coefficient (Wildman–Crippen LogP) is 3.23. The van der Waals surface area contributed by atoms with Crippen molar-refractivity contribution in [1.29, 1.82) is 0 Å². The molecule has 2 aromatic rings. The van der Waals surface area contributed by atoms with E-state index in [9.17, 15) is 5.11 Å². The third-order valence-electron chi connectivity index (χ3n) is 3.40. The molecule has 3 nitrogen and oxygen atoms in total. The molecule has 0 heterocycles. The molecule has 2 atom stereocenters. The van der Waals surface area contributed by atoms with Gasteiger partial charge in [-0.3, -0.25) is 0 Å². The van der Waals surface area contributed by atoms with Crippen LogP contribution in [0, 0.1) is 0 Å². The summed E-state index contributed by atoms with van der Waals surface area (Å²) < 4.78 is 6.03. The maximum Gasteiger partial charge on any atom is 0.118 e. The summed E-state index contributed by atoms with van der Waals surface area (Å²) in [5.74, 6) is 0.638. The number of ether oxygens (including phenoxy) is 1. The van der Waals surface area contributed by atoms with Crippen molar-refractivity contribution in [3.8, 4) is 5.75 Å². The van der Waals surface area contributed by atoms with Gasteiger partial charge in [0.15, 0.2) is 0 Å². The number of hydrogen-bond acceptors (Lipinski definition) is 3. The summed E-state index contributed by atoms with van der Waals surface area (Å²) in [6.07, 6.45) is -0.649. The molecule has 0 saturated heterocycles. The van der Waals surface area contributed by atoms with E-state index < -0.39 is 6.10 Å². The molecule has 3 N–H and O–H groups in total. The Morgan fingerprint density at radius 2 is 1.80 bits per heavy atom. The summed E-state index contributed by atoms with van der Waals surface area (Å²) in [7, 11) is 1.63. The first kappa shape index (κ1) is 15.0. The molecular formula is C16H18BrNO2. The molecule has 2 rings (SSSR count). The van der Waals surface area contributed by atoms with Crippen LogP contribution in [0.5, 0.6) is 5.75 Å². The lowest BCUT2D eigenvalue weighted by molar-refractivity contribution is 0.146. The van der Waals surface area contributed by atoms with Crippen LogP contribution in [-0.4, -0.2) is 18.8 Å². The van der Waals surface area contributed by atoms with E-state index in [-0.39, 0.29) is 5.92 Å². The Morgan fingerprint density at radius 3 is 2.35 bits per heavy atom. The fraction of sp³-hybridized carbons (Fsp3) is 0.250. The highest BCUT2D eigenvalue weighted by molar-refractivity contribution is 9.10. The number of aliphatic hydroxyl groups excluding tert-OH is 1. The molecule has 0 amide bonds. The van der Waals surface area contributed by atoms with Crippen LogP contribution in [0.1, 0.15) is 23.1 Å². The van der Waals surface area contributed by atoms with E-state index in [1.165, 1.54) is 0 Å². The molecule has 20 heavy (non-hydrogen) atoms. The van der Waals surface area contributed by atoms with Crippen LogP contribution in [0.15, 0.2) is 53.0 Å². The highest BCUT2D eigenvalue weighted by atomic mass is 79.9. The summed E-state index contributed by atoms with van der Waals surface area (Å²) in [5.41, 5.74) is 7.70. The van der Waals surface area contributed by atoms with Gasteiger partial charge in [-0.2, -0.15) is 0 Å². The minimum atomic E-state index is -0.649. The van der Waals surface area contributed by atoms with Crippen molar-refractivity contribution < 1.29 is 9.84 Å². The van der Waals surface area contributed by atoms with Crippen molar-refractivity contribution in [2.75, 3.05) is 13.7 Å². The SMILES string of the molecule is COc1ccc(C(CN)C(O)c2ccccc2Br)cc1. The molecule has 106 valence electrons. The normalized spacial score (nSPS) is 13.8. The number of aliphatic hydroxyl groups is 1.